The average molecular weight is 360 g/mol. The lowest BCUT2D eigenvalue weighted by atomic mass is 10.1. The minimum Gasteiger partial charge on any atom is -0.354 e. The zero-order valence-electron chi connectivity index (χ0n) is 14.6. The highest BCUT2D eigenvalue weighted by Crippen LogP contribution is 2.12. The van der Waals surface area contributed by atoms with Gasteiger partial charge in [0.05, 0.1) is 12.7 Å². The number of hydrogen-bond donors (Lipinski definition) is 1. The standard InChI is InChI=1S/C19H24N2O3S/c1-16-8-6-7-11-18(16)15-21(25(2,23)24)13-12-20-19(22)14-17-9-4-3-5-10-17/h3-11H,12-15H2,1-2H3,(H,20,22). The van der Waals surface area contributed by atoms with Crippen LogP contribution in [0.1, 0.15) is 16.7 Å². The summed E-state index contributed by atoms with van der Waals surface area (Å²) in [5, 5.41) is 2.79. The summed E-state index contributed by atoms with van der Waals surface area (Å²) in [4.78, 5) is 12.0. The largest absolute Gasteiger partial charge is 0.354 e. The van der Waals surface area contributed by atoms with Gasteiger partial charge in [-0.05, 0) is 23.6 Å². The quantitative estimate of drug-likeness (QED) is 0.784. The molecule has 0 aromatic heterocycles. The minimum absolute atomic E-state index is 0.115. The maximum atomic E-state index is 12.0. The van der Waals surface area contributed by atoms with Crippen LogP contribution in [-0.2, 0) is 27.8 Å². The maximum absolute atomic E-state index is 12.0. The van der Waals surface area contributed by atoms with Gasteiger partial charge in [-0.3, -0.25) is 4.79 Å². The minimum atomic E-state index is -3.35. The summed E-state index contributed by atoms with van der Waals surface area (Å²) in [6.07, 6.45) is 1.48. The van der Waals surface area contributed by atoms with Gasteiger partial charge in [-0.2, -0.15) is 4.31 Å². The first-order valence-corrected chi connectivity index (χ1v) is 10.0. The van der Waals surface area contributed by atoms with Gasteiger partial charge in [-0.1, -0.05) is 54.6 Å². The fourth-order valence-electron chi connectivity index (χ4n) is 2.50. The maximum Gasteiger partial charge on any atom is 0.224 e. The van der Waals surface area contributed by atoms with Crippen molar-refractivity contribution in [2.75, 3.05) is 19.3 Å². The van der Waals surface area contributed by atoms with Crippen LogP contribution in [0.2, 0.25) is 0 Å². The second-order valence-corrected chi connectivity index (χ2v) is 8.02. The fraction of sp³-hybridized carbons (Fsp3) is 0.316. The first-order valence-electron chi connectivity index (χ1n) is 8.16. The third-order valence-electron chi connectivity index (χ3n) is 3.97. The Kier molecular flexibility index (Phi) is 6.73. The summed E-state index contributed by atoms with van der Waals surface area (Å²) < 4.78 is 25.4. The van der Waals surface area contributed by atoms with Crippen molar-refractivity contribution in [3.8, 4) is 0 Å². The molecule has 1 amide bonds. The summed E-state index contributed by atoms with van der Waals surface area (Å²) in [7, 11) is -3.35. The van der Waals surface area contributed by atoms with Gasteiger partial charge in [0.1, 0.15) is 0 Å². The average Bonchev–Trinajstić information content (AvgIpc) is 2.55. The van der Waals surface area contributed by atoms with Crippen molar-refractivity contribution < 1.29 is 13.2 Å². The molecule has 0 unspecified atom stereocenters. The zero-order valence-corrected chi connectivity index (χ0v) is 15.4. The second kappa shape index (κ2) is 8.78. The van der Waals surface area contributed by atoms with Gasteiger partial charge < -0.3 is 5.32 Å². The molecule has 0 aliphatic heterocycles. The summed E-state index contributed by atoms with van der Waals surface area (Å²) in [6.45, 7) is 2.79. The Morgan fingerprint density at radius 1 is 1.04 bits per heavy atom. The Labute approximate surface area is 149 Å². The normalized spacial score (nSPS) is 11.5. The van der Waals surface area contributed by atoms with Crippen LogP contribution >= 0.6 is 0 Å². The van der Waals surface area contributed by atoms with Crippen LogP contribution in [0.4, 0.5) is 0 Å². The number of nitrogens with zero attached hydrogens (tertiary/aromatic N) is 1. The fourth-order valence-corrected chi connectivity index (χ4v) is 3.30. The number of nitrogens with one attached hydrogen (secondary N) is 1. The van der Waals surface area contributed by atoms with E-state index in [4.69, 9.17) is 0 Å². The molecule has 134 valence electrons. The van der Waals surface area contributed by atoms with E-state index < -0.39 is 10.0 Å². The molecule has 0 heterocycles. The van der Waals surface area contributed by atoms with Gasteiger partial charge in [-0.15, -0.1) is 0 Å². The number of rotatable bonds is 8. The number of aryl methyl sites for hydroxylation is 1. The predicted octanol–water partition coefficient (Wildman–Crippen LogP) is 2.12. The number of hydrogen-bond acceptors (Lipinski definition) is 3. The Morgan fingerprint density at radius 2 is 1.68 bits per heavy atom. The summed E-state index contributed by atoms with van der Waals surface area (Å²) in [5.74, 6) is -0.115. The third kappa shape index (κ3) is 6.32. The van der Waals surface area contributed by atoms with Crippen LogP contribution in [0.5, 0.6) is 0 Å². The molecule has 0 fully saturated rings. The molecule has 0 spiro atoms. The van der Waals surface area contributed by atoms with E-state index in [2.05, 4.69) is 5.32 Å². The molecule has 0 bridgehead atoms. The second-order valence-electron chi connectivity index (χ2n) is 6.04. The highest BCUT2D eigenvalue weighted by Gasteiger charge is 2.17. The van der Waals surface area contributed by atoms with Crippen molar-refractivity contribution >= 4 is 15.9 Å². The molecule has 2 aromatic carbocycles. The van der Waals surface area contributed by atoms with Gasteiger partial charge in [-0.25, -0.2) is 8.42 Å². The molecule has 6 heteroatoms. The Balaban J connectivity index is 1.90. The van der Waals surface area contributed by atoms with E-state index >= 15 is 0 Å². The smallest absolute Gasteiger partial charge is 0.224 e. The van der Waals surface area contributed by atoms with Crippen molar-refractivity contribution in [1.82, 2.24) is 9.62 Å². The lowest BCUT2D eigenvalue weighted by Crippen LogP contribution is -2.38. The van der Waals surface area contributed by atoms with E-state index in [9.17, 15) is 13.2 Å². The van der Waals surface area contributed by atoms with Crippen LogP contribution in [0.15, 0.2) is 54.6 Å². The molecule has 0 saturated carbocycles. The van der Waals surface area contributed by atoms with Crippen LogP contribution in [0.25, 0.3) is 0 Å². The topological polar surface area (TPSA) is 66.5 Å². The lowest BCUT2D eigenvalue weighted by Gasteiger charge is -2.21. The van der Waals surface area contributed by atoms with Crippen LogP contribution < -0.4 is 5.32 Å². The van der Waals surface area contributed by atoms with Gasteiger partial charge >= 0.3 is 0 Å². The molecule has 0 radical (unpaired) electrons. The van der Waals surface area contributed by atoms with Crippen LogP contribution in [0.3, 0.4) is 0 Å². The number of benzene rings is 2. The van der Waals surface area contributed by atoms with Gasteiger partial charge in [0, 0.05) is 19.6 Å². The highest BCUT2D eigenvalue weighted by atomic mass is 32.2. The van der Waals surface area contributed by atoms with E-state index in [0.29, 0.717) is 6.54 Å². The predicted molar refractivity (Wildman–Crippen MR) is 99.6 cm³/mol. The molecule has 0 aliphatic rings. The van der Waals surface area contributed by atoms with E-state index in [1.54, 1.807) is 0 Å². The molecular formula is C19H24N2O3S. The molecule has 0 atom stereocenters. The Morgan fingerprint density at radius 3 is 2.32 bits per heavy atom. The van der Waals surface area contributed by atoms with Crippen molar-refractivity contribution in [2.45, 2.75) is 19.9 Å². The first kappa shape index (κ1) is 19.1. The number of amides is 1. The SMILES string of the molecule is Cc1ccccc1CN(CCNC(=O)Cc1ccccc1)S(C)(=O)=O. The summed E-state index contributed by atoms with van der Waals surface area (Å²) in [5.41, 5.74) is 2.94. The first-order chi connectivity index (χ1) is 11.9. The van der Waals surface area contributed by atoms with E-state index in [-0.39, 0.29) is 25.4 Å². The van der Waals surface area contributed by atoms with Gasteiger partial charge in [0.2, 0.25) is 15.9 Å². The molecule has 2 rings (SSSR count). The monoisotopic (exact) mass is 360 g/mol. The number of carbonyl (C=O) groups excluding carboxylic acids is 1. The van der Waals surface area contributed by atoms with E-state index in [0.717, 1.165) is 16.7 Å². The number of sulfonamides is 1. The Hall–Kier alpha value is -2.18. The number of carbonyl (C=O) groups is 1. The summed E-state index contributed by atoms with van der Waals surface area (Å²) in [6, 6.07) is 17.1. The molecule has 2 aromatic rings. The van der Waals surface area contributed by atoms with Crippen molar-refractivity contribution in [1.29, 1.82) is 0 Å². The lowest BCUT2D eigenvalue weighted by molar-refractivity contribution is -0.120. The molecule has 25 heavy (non-hydrogen) atoms. The molecule has 5 nitrogen and oxygen atoms in total. The van der Waals surface area contributed by atoms with E-state index in [1.807, 2.05) is 61.5 Å². The van der Waals surface area contributed by atoms with E-state index in [1.165, 1.54) is 10.6 Å². The van der Waals surface area contributed by atoms with Gasteiger partial charge in [0.15, 0.2) is 0 Å². The van der Waals surface area contributed by atoms with Crippen molar-refractivity contribution in [2.24, 2.45) is 0 Å². The van der Waals surface area contributed by atoms with Crippen molar-refractivity contribution in [3.05, 3.63) is 71.3 Å². The molecule has 0 saturated heterocycles. The van der Waals surface area contributed by atoms with Crippen molar-refractivity contribution in [3.63, 3.8) is 0 Å². The molecular weight excluding hydrogens is 336 g/mol. The van der Waals surface area contributed by atoms with Crippen LogP contribution in [0, 0.1) is 6.92 Å². The third-order valence-corrected chi connectivity index (χ3v) is 5.22. The molecule has 0 aliphatic carbocycles. The highest BCUT2D eigenvalue weighted by molar-refractivity contribution is 7.88. The summed E-state index contributed by atoms with van der Waals surface area (Å²) >= 11 is 0. The van der Waals surface area contributed by atoms with Gasteiger partial charge in [0.25, 0.3) is 0 Å². The molecule has 1 N–H and O–H groups in total. The van der Waals surface area contributed by atoms with Crippen LogP contribution in [-0.4, -0.2) is 38.0 Å². The zero-order chi connectivity index (χ0) is 18.3. The Bertz CT molecular complexity index is 804.